The van der Waals surface area contributed by atoms with Crippen LogP contribution in [0.5, 0.6) is 0 Å². The molecule has 0 fully saturated rings. The predicted octanol–water partition coefficient (Wildman–Crippen LogP) is 6.44. The number of amides is 1. The van der Waals surface area contributed by atoms with Gasteiger partial charge in [0.2, 0.25) is 5.91 Å². The first-order valence-corrected chi connectivity index (χ1v) is 11.0. The van der Waals surface area contributed by atoms with E-state index in [9.17, 15) is 4.79 Å². The van der Waals surface area contributed by atoms with E-state index < -0.39 is 5.92 Å². The highest BCUT2D eigenvalue weighted by atomic mass is 35.5. The van der Waals surface area contributed by atoms with Crippen LogP contribution in [-0.2, 0) is 18.4 Å². The van der Waals surface area contributed by atoms with Crippen molar-refractivity contribution >= 4 is 34.1 Å². The first kappa shape index (κ1) is 19.9. The van der Waals surface area contributed by atoms with E-state index in [1.165, 1.54) is 5.56 Å². The highest BCUT2D eigenvalue weighted by Crippen LogP contribution is 2.45. The average molecular weight is 429 g/mol. The molecule has 3 nitrogen and oxygen atoms in total. The Kier molecular flexibility index (Phi) is 4.67. The number of carbonyl (C=O) groups is 1. The maximum Gasteiger partial charge on any atom is 0.239 e. The zero-order chi connectivity index (χ0) is 21.9. The standard InChI is InChI=1S/C27H25ClN2O/c1-16-13-17(2)26(18(3)14-16)30-15-22-25(23(27(30)31)19-9-6-5-7-10-19)24-20(28)11-8-12-21(24)29(22)4/h5-14,23H,15H2,1-4H3. The van der Waals surface area contributed by atoms with Gasteiger partial charge >= 0.3 is 0 Å². The second-order valence-electron chi connectivity index (χ2n) is 8.57. The van der Waals surface area contributed by atoms with Crippen LogP contribution < -0.4 is 4.90 Å². The van der Waals surface area contributed by atoms with Gasteiger partial charge in [0.15, 0.2) is 0 Å². The Labute approximate surface area is 187 Å². The molecule has 1 amide bonds. The van der Waals surface area contributed by atoms with Crippen molar-refractivity contribution in [3.05, 3.63) is 99.2 Å². The molecule has 2 heterocycles. The molecule has 0 aliphatic carbocycles. The molecule has 1 aliphatic rings. The predicted molar refractivity (Wildman–Crippen MR) is 128 cm³/mol. The summed E-state index contributed by atoms with van der Waals surface area (Å²) in [7, 11) is 2.07. The molecule has 0 spiro atoms. The van der Waals surface area contributed by atoms with Gasteiger partial charge in [0.05, 0.1) is 17.5 Å². The average Bonchev–Trinajstić information content (AvgIpc) is 3.01. The molecule has 1 unspecified atom stereocenters. The molecule has 0 radical (unpaired) electrons. The van der Waals surface area contributed by atoms with E-state index in [1.54, 1.807) is 0 Å². The van der Waals surface area contributed by atoms with Gasteiger partial charge in [0.25, 0.3) is 0 Å². The van der Waals surface area contributed by atoms with Gasteiger partial charge in [-0.15, -0.1) is 0 Å². The Morgan fingerprint density at radius 3 is 2.29 bits per heavy atom. The van der Waals surface area contributed by atoms with Gasteiger partial charge in [-0.1, -0.05) is 65.7 Å². The molecule has 1 atom stereocenters. The summed E-state index contributed by atoms with van der Waals surface area (Å²) < 4.78 is 2.20. The summed E-state index contributed by atoms with van der Waals surface area (Å²) in [5, 5.41) is 1.68. The van der Waals surface area contributed by atoms with Gasteiger partial charge in [-0.3, -0.25) is 4.79 Å². The molecule has 156 valence electrons. The Morgan fingerprint density at radius 2 is 1.61 bits per heavy atom. The van der Waals surface area contributed by atoms with Crippen molar-refractivity contribution in [2.75, 3.05) is 4.90 Å². The van der Waals surface area contributed by atoms with Gasteiger partial charge in [-0.2, -0.15) is 0 Å². The summed E-state index contributed by atoms with van der Waals surface area (Å²) in [5.41, 5.74) is 8.70. The second-order valence-corrected chi connectivity index (χ2v) is 8.98. The van der Waals surface area contributed by atoms with Crippen molar-refractivity contribution in [1.29, 1.82) is 0 Å². The molecule has 3 aromatic carbocycles. The number of halogens is 1. The molecule has 1 aromatic heterocycles. The fraction of sp³-hybridized carbons (Fsp3) is 0.222. The monoisotopic (exact) mass is 428 g/mol. The molecule has 4 aromatic rings. The molecule has 0 N–H and O–H groups in total. The third-order valence-corrected chi connectivity index (χ3v) is 6.80. The van der Waals surface area contributed by atoms with Crippen LogP contribution in [0.1, 0.15) is 39.4 Å². The summed E-state index contributed by atoms with van der Waals surface area (Å²) in [6.45, 7) is 6.81. The van der Waals surface area contributed by atoms with E-state index in [-0.39, 0.29) is 5.91 Å². The summed E-state index contributed by atoms with van der Waals surface area (Å²) in [6.07, 6.45) is 0. The number of hydrogen-bond acceptors (Lipinski definition) is 1. The van der Waals surface area contributed by atoms with Crippen molar-refractivity contribution in [3.8, 4) is 0 Å². The topological polar surface area (TPSA) is 25.2 Å². The van der Waals surface area contributed by atoms with Gasteiger partial charge < -0.3 is 9.47 Å². The van der Waals surface area contributed by atoms with Crippen LogP contribution in [0.25, 0.3) is 10.9 Å². The number of aryl methyl sites for hydroxylation is 4. The fourth-order valence-electron chi connectivity index (χ4n) is 5.28. The van der Waals surface area contributed by atoms with Crippen LogP contribution >= 0.6 is 11.6 Å². The maximum atomic E-state index is 14.1. The zero-order valence-corrected chi connectivity index (χ0v) is 19.0. The SMILES string of the molecule is Cc1cc(C)c(N2Cc3c(c4c(Cl)cccc4n3C)C(c3ccccc3)C2=O)c(C)c1. The van der Waals surface area contributed by atoms with Crippen molar-refractivity contribution in [3.63, 3.8) is 0 Å². The summed E-state index contributed by atoms with van der Waals surface area (Å²) in [5.74, 6) is -0.296. The number of carbonyl (C=O) groups excluding carboxylic acids is 1. The molecular weight excluding hydrogens is 404 g/mol. The number of anilines is 1. The first-order chi connectivity index (χ1) is 14.9. The number of aromatic nitrogens is 1. The Morgan fingerprint density at radius 1 is 0.935 bits per heavy atom. The van der Waals surface area contributed by atoms with Crippen molar-refractivity contribution < 1.29 is 4.79 Å². The third-order valence-electron chi connectivity index (χ3n) is 6.49. The van der Waals surface area contributed by atoms with Crippen molar-refractivity contribution in [1.82, 2.24) is 4.57 Å². The van der Waals surface area contributed by atoms with E-state index in [2.05, 4.69) is 50.6 Å². The summed E-state index contributed by atoms with van der Waals surface area (Å²) in [6, 6.07) is 20.3. The highest BCUT2D eigenvalue weighted by molar-refractivity contribution is 6.36. The van der Waals surface area contributed by atoms with Crippen LogP contribution in [-0.4, -0.2) is 10.5 Å². The first-order valence-electron chi connectivity index (χ1n) is 10.6. The quantitative estimate of drug-likeness (QED) is 0.361. The third kappa shape index (κ3) is 2.99. The lowest BCUT2D eigenvalue weighted by atomic mass is 9.84. The van der Waals surface area contributed by atoms with Crippen molar-refractivity contribution in [2.45, 2.75) is 33.2 Å². The number of nitrogens with zero attached hydrogens (tertiary/aromatic N) is 2. The number of benzene rings is 3. The highest BCUT2D eigenvalue weighted by Gasteiger charge is 2.39. The van der Waals surface area contributed by atoms with Crippen LogP contribution in [0.15, 0.2) is 60.7 Å². The molecule has 1 aliphatic heterocycles. The van der Waals surface area contributed by atoms with E-state index in [0.29, 0.717) is 11.6 Å². The van der Waals surface area contributed by atoms with Crippen molar-refractivity contribution in [2.24, 2.45) is 7.05 Å². The molecule has 4 heteroatoms. The molecule has 0 saturated heterocycles. The van der Waals surface area contributed by atoms with Gasteiger partial charge in [-0.25, -0.2) is 0 Å². The van der Waals surface area contributed by atoms with E-state index in [0.717, 1.165) is 44.5 Å². The Bertz CT molecular complexity index is 1310. The smallest absolute Gasteiger partial charge is 0.239 e. The lowest BCUT2D eigenvalue weighted by Gasteiger charge is -2.35. The number of hydrogen-bond donors (Lipinski definition) is 0. The minimum atomic E-state index is -0.395. The van der Waals surface area contributed by atoms with Crippen LogP contribution in [0.4, 0.5) is 5.69 Å². The lowest BCUT2D eigenvalue weighted by molar-refractivity contribution is -0.119. The van der Waals surface area contributed by atoms with Crippen LogP contribution in [0.3, 0.4) is 0 Å². The summed E-state index contributed by atoms with van der Waals surface area (Å²) >= 11 is 6.69. The second kappa shape index (κ2) is 7.28. The molecule has 5 rings (SSSR count). The summed E-state index contributed by atoms with van der Waals surface area (Å²) in [4.78, 5) is 16.1. The largest absolute Gasteiger partial charge is 0.346 e. The molecule has 0 bridgehead atoms. The maximum absolute atomic E-state index is 14.1. The minimum Gasteiger partial charge on any atom is -0.346 e. The molecular formula is C27H25ClN2O. The Hall–Kier alpha value is -3.04. The number of rotatable bonds is 2. The lowest BCUT2D eigenvalue weighted by Crippen LogP contribution is -2.41. The van der Waals surface area contributed by atoms with Gasteiger partial charge in [-0.05, 0) is 49.6 Å². The molecule has 31 heavy (non-hydrogen) atoms. The number of fused-ring (bicyclic) bond motifs is 3. The zero-order valence-electron chi connectivity index (χ0n) is 18.2. The van der Waals surface area contributed by atoms with Gasteiger partial charge in [0.1, 0.15) is 0 Å². The normalized spacial score (nSPS) is 16.1. The molecule has 0 saturated carbocycles. The fourth-order valence-corrected chi connectivity index (χ4v) is 5.55. The van der Waals surface area contributed by atoms with Crippen LogP contribution in [0.2, 0.25) is 5.02 Å². The minimum absolute atomic E-state index is 0.0983. The van der Waals surface area contributed by atoms with E-state index in [4.69, 9.17) is 11.6 Å². The van der Waals surface area contributed by atoms with Crippen LogP contribution in [0, 0.1) is 20.8 Å². The van der Waals surface area contributed by atoms with E-state index in [1.807, 2.05) is 47.4 Å². The van der Waals surface area contributed by atoms with E-state index >= 15 is 0 Å². The van der Waals surface area contributed by atoms with Gasteiger partial charge in [0, 0.05) is 34.9 Å². The Balaban J connectivity index is 1.82.